The summed E-state index contributed by atoms with van der Waals surface area (Å²) in [5.74, 6) is 2.25. The Balaban J connectivity index is 1.43. The summed E-state index contributed by atoms with van der Waals surface area (Å²) in [6, 6.07) is 0.146. The average Bonchev–Trinajstić information content (AvgIpc) is 3.03. The van der Waals surface area contributed by atoms with Crippen molar-refractivity contribution in [1.82, 2.24) is 4.90 Å². The number of Topliss-reactive ketones (excluding diaryl/α,β-unsaturated/α-hetero) is 1. The van der Waals surface area contributed by atoms with Gasteiger partial charge in [0.25, 0.3) is 0 Å². The monoisotopic (exact) mass is 447 g/mol. The molecule has 5 nitrogen and oxygen atoms in total. The molecule has 1 heterocycles. The van der Waals surface area contributed by atoms with E-state index in [-0.39, 0.29) is 46.5 Å². The van der Waals surface area contributed by atoms with Crippen molar-refractivity contribution in [3.8, 4) is 0 Å². The van der Waals surface area contributed by atoms with Crippen LogP contribution in [0, 0.1) is 40.4 Å². The van der Waals surface area contributed by atoms with Crippen LogP contribution in [0.1, 0.15) is 79.6 Å². The van der Waals surface area contributed by atoms with Gasteiger partial charge in [-0.15, -0.1) is 0 Å². The zero-order valence-corrected chi connectivity index (χ0v) is 20.8. The van der Waals surface area contributed by atoms with Gasteiger partial charge in [-0.05, 0) is 100 Å². The lowest BCUT2D eigenvalue weighted by atomic mass is 9.43. The Kier molecular flexibility index (Phi) is 5.64. The van der Waals surface area contributed by atoms with Crippen LogP contribution >= 0.6 is 0 Å². The molecule has 1 aliphatic heterocycles. The summed E-state index contributed by atoms with van der Waals surface area (Å²) in [6.07, 6.45) is 6.39. The fourth-order valence-corrected chi connectivity index (χ4v) is 9.78. The zero-order chi connectivity index (χ0) is 23.1. The number of ketones is 1. The van der Waals surface area contributed by atoms with Gasteiger partial charge in [0.1, 0.15) is 5.78 Å². The summed E-state index contributed by atoms with van der Waals surface area (Å²) in [5.41, 5.74) is -0.176. The molecule has 5 heteroatoms. The first-order chi connectivity index (χ1) is 15.0. The van der Waals surface area contributed by atoms with Crippen LogP contribution in [-0.2, 0) is 9.53 Å². The van der Waals surface area contributed by atoms with Crippen molar-refractivity contribution < 1.29 is 19.7 Å². The Labute approximate surface area is 194 Å². The van der Waals surface area contributed by atoms with E-state index in [9.17, 15) is 15.0 Å². The van der Waals surface area contributed by atoms with E-state index in [1.54, 1.807) is 6.92 Å². The van der Waals surface area contributed by atoms with Crippen molar-refractivity contribution >= 4 is 5.78 Å². The molecule has 0 aromatic heterocycles. The van der Waals surface area contributed by atoms with Gasteiger partial charge in [-0.3, -0.25) is 9.69 Å². The van der Waals surface area contributed by atoms with Crippen LogP contribution in [0.15, 0.2) is 0 Å². The number of carbonyl (C=O) groups excluding carboxylic acids is 1. The molecule has 1 saturated heterocycles. The SMILES string of the molecule is CC(=O)[C@H]1CC[C@H]2[C@@H]3CCC4CC(O)C(N5CCOC(C)(C)C5)C[C@]4(C)[C@H]3C(O)C[C@]12C. The largest absolute Gasteiger partial charge is 0.393 e. The average molecular weight is 448 g/mol. The molecule has 0 spiro atoms. The van der Waals surface area contributed by atoms with E-state index in [1.807, 2.05) is 0 Å². The van der Waals surface area contributed by atoms with Gasteiger partial charge in [0.15, 0.2) is 0 Å². The summed E-state index contributed by atoms with van der Waals surface area (Å²) in [6.45, 7) is 13.2. The number of nitrogens with zero attached hydrogens (tertiary/aromatic N) is 1. The van der Waals surface area contributed by atoms with E-state index in [0.717, 1.165) is 64.6 Å². The van der Waals surface area contributed by atoms with Crippen molar-refractivity contribution in [2.24, 2.45) is 40.4 Å². The van der Waals surface area contributed by atoms with Crippen LogP contribution in [0.5, 0.6) is 0 Å². The molecule has 0 aromatic rings. The fourth-order valence-electron chi connectivity index (χ4n) is 9.78. The first-order valence-corrected chi connectivity index (χ1v) is 13.2. The summed E-state index contributed by atoms with van der Waals surface area (Å²) in [7, 11) is 0. The molecule has 4 aliphatic carbocycles. The third kappa shape index (κ3) is 3.44. The normalized spacial score (nSPS) is 53.2. The summed E-state index contributed by atoms with van der Waals surface area (Å²) >= 11 is 0. The van der Waals surface area contributed by atoms with E-state index < -0.39 is 0 Å². The van der Waals surface area contributed by atoms with E-state index >= 15 is 0 Å². The lowest BCUT2D eigenvalue weighted by Crippen LogP contribution is -2.64. The highest BCUT2D eigenvalue weighted by Crippen LogP contribution is 2.67. The van der Waals surface area contributed by atoms with Crippen LogP contribution < -0.4 is 0 Å². The Bertz CT molecular complexity index is 754. The molecule has 0 amide bonds. The Morgan fingerprint density at radius 3 is 2.41 bits per heavy atom. The van der Waals surface area contributed by atoms with Gasteiger partial charge in [0.05, 0.1) is 24.4 Å². The molecule has 4 saturated carbocycles. The van der Waals surface area contributed by atoms with Crippen molar-refractivity contribution in [1.29, 1.82) is 0 Å². The standard InChI is InChI=1S/C27H45NO4/c1-16(29)19-8-9-20-18-7-6-17-12-22(30)21(28-10-11-32-25(2,3)15-28)13-26(17,4)24(18)23(31)14-27(19,20)5/h17-24,30-31H,6-15H2,1-5H3/t17?,18-,19+,20-,21?,22?,23?,24+,26-,27+/m0/s1. The number of rotatable bonds is 2. The molecule has 32 heavy (non-hydrogen) atoms. The zero-order valence-electron chi connectivity index (χ0n) is 20.8. The molecule has 5 rings (SSSR count). The summed E-state index contributed by atoms with van der Waals surface area (Å²) in [5, 5.41) is 22.9. The third-order valence-corrected chi connectivity index (χ3v) is 11.0. The van der Waals surface area contributed by atoms with Gasteiger partial charge in [-0.2, -0.15) is 0 Å². The minimum Gasteiger partial charge on any atom is -0.393 e. The number of fused-ring (bicyclic) bond motifs is 5. The van der Waals surface area contributed by atoms with Crippen LogP contribution in [-0.4, -0.2) is 64.4 Å². The molecule has 5 aliphatic rings. The lowest BCUT2D eigenvalue weighted by molar-refractivity contribution is -0.198. The van der Waals surface area contributed by atoms with Gasteiger partial charge in [0, 0.05) is 25.0 Å². The highest BCUT2D eigenvalue weighted by Gasteiger charge is 2.64. The second-order valence-electron chi connectivity index (χ2n) is 13.2. The van der Waals surface area contributed by atoms with Crippen molar-refractivity contribution in [2.75, 3.05) is 19.7 Å². The number of hydrogen-bond donors (Lipinski definition) is 2. The van der Waals surface area contributed by atoms with Crippen molar-refractivity contribution in [3.05, 3.63) is 0 Å². The molecule has 0 radical (unpaired) electrons. The van der Waals surface area contributed by atoms with E-state index in [4.69, 9.17) is 4.74 Å². The second-order valence-corrected chi connectivity index (χ2v) is 13.2. The molecule has 5 fully saturated rings. The first kappa shape index (κ1) is 23.3. The molecule has 0 bridgehead atoms. The maximum Gasteiger partial charge on any atom is 0.133 e. The smallest absolute Gasteiger partial charge is 0.133 e. The Morgan fingerprint density at radius 1 is 0.969 bits per heavy atom. The van der Waals surface area contributed by atoms with E-state index in [1.165, 1.54) is 0 Å². The molecule has 182 valence electrons. The highest BCUT2D eigenvalue weighted by molar-refractivity contribution is 5.79. The minimum atomic E-state index is -0.342. The van der Waals surface area contributed by atoms with Crippen molar-refractivity contribution in [2.45, 2.75) is 103 Å². The quantitative estimate of drug-likeness (QED) is 0.676. The van der Waals surface area contributed by atoms with Crippen LogP contribution in [0.3, 0.4) is 0 Å². The lowest BCUT2D eigenvalue weighted by Gasteiger charge is -2.64. The first-order valence-electron chi connectivity index (χ1n) is 13.2. The van der Waals surface area contributed by atoms with Crippen LogP contribution in [0.25, 0.3) is 0 Å². The third-order valence-electron chi connectivity index (χ3n) is 11.0. The number of morpholine rings is 1. The van der Waals surface area contributed by atoms with Gasteiger partial charge in [0.2, 0.25) is 0 Å². The topological polar surface area (TPSA) is 70.0 Å². The molecular weight excluding hydrogens is 402 g/mol. The predicted octanol–water partition coefficient (Wildman–Crippen LogP) is 3.66. The molecule has 0 aromatic carbocycles. The maximum atomic E-state index is 12.4. The Morgan fingerprint density at radius 2 is 1.72 bits per heavy atom. The van der Waals surface area contributed by atoms with Crippen LogP contribution in [0.2, 0.25) is 0 Å². The van der Waals surface area contributed by atoms with E-state index in [0.29, 0.717) is 23.5 Å². The molecular formula is C27H45NO4. The molecule has 10 atom stereocenters. The highest BCUT2D eigenvalue weighted by atomic mass is 16.5. The van der Waals surface area contributed by atoms with Gasteiger partial charge in [-0.25, -0.2) is 0 Å². The predicted molar refractivity (Wildman–Crippen MR) is 124 cm³/mol. The summed E-state index contributed by atoms with van der Waals surface area (Å²) in [4.78, 5) is 14.9. The Hall–Kier alpha value is -0.490. The summed E-state index contributed by atoms with van der Waals surface area (Å²) < 4.78 is 5.95. The minimum absolute atomic E-state index is 0.0442. The number of aliphatic hydroxyl groups excluding tert-OH is 2. The van der Waals surface area contributed by atoms with Gasteiger partial charge >= 0.3 is 0 Å². The van der Waals surface area contributed by atoms with E-state index in [2.05, 4.69) is 32.6 Å². The number of carbonyl (C=O) groups is 1. The van der Waals surface area contributed by atoms with Gasteiger partial charge < -0.3 is 14.9 Å². The van der Waals surface area contributed by atoms with Crippen LogP contribution in [0.4, 0.5) is 0 Å². The second kappa shape index (κ2) is 7.76. The molecule has 4 unspecified atom stereocenters. The molecule has 2 N–H and O–H groups in total. The van der Waals surface area contributed by atoms with Crippen molar-refractivity contribution in [3.63, 3.8) is 0 Å². The fraction of sp³-hybridized carbons (Fsp3) is 0.963. The maximum absolute atomic E-state index is 12.4. The van der Waals surface area contributed by atoms with Gasteiger partial charge in [-0.1, -0.05) is 13.8 Å². The number of ether oxygens (including phenoxy) is 1. The number of hydrogen-bond acceptors (Lipinski definition) is 5. The number of aliphatic hydroxyl groups is 2.